The van der Waals surface area contributed by atoms with Gasteiger partial charge in [0.2, 0.25) is 0 Å². The summed E-state index contributed by atoms with van der Waals surface area (Å²) in [6.07, 6.45) is -0.522. The first-order chi connectivity index (χ1) is 8.40. The van der Waals surface area contributed by atoms with Crippen LogP contribution in [0.15, 0.2) is 24.3 Å². The van der Waals surface area contributed by atoms with E-state index in [1.54, 1.807) is 7.11 Å². The van der Waals surface area contributed by atoms with Crippen molar-refractivity contribution < 1.29 is 14.6 Å². The van der Waals surface area contributed by atoms with Gasteiger partial charge in [-0.15, -0.1) is 0 Å². The Morgan fingerprint density at radius 2 is 1.72 bits per heavy atom. The van der Waals surface area contributed by atoms with Crippen LogP contribution in [-0.4, -0.2) is 37.0 Å². The van der Waals surface area contributed by atoms with E-state index in [-0.39, 0.29) is 12.1 Å². The van der Waals surface area contributed by atoms with Gasteiger partial charge in [0.15, 0.2) is 0 Å². The van der Waals surface area contributed by atoms with Crippen LogP contribution in [0.1, 0.15) is 20.8 Å². The molecule has 102 valence electrons. The third-order valence-electron chi connectivity index (χ3n) is 2.37. The van der Waals surface area contributed by atoms with Gasteiger partial charge in [-0.05, 0) is 45.0 Å². The topological polar surface area (TPSA) is 50.7 Å². The van der Waals surface area contributed by atoms with Crippen molar-refractivity contribution >= 4 is 0 Å². The molecule has 0 bridgehead atoms. The quantitative estimate of drug-likeness (QED) is 0.812. The molecular formula is C14H23NO3. The van der Waals surface area contributed by atoms with Gasteiger partial charge in [-0.2, -0.15) is 0 Å². The van der Waals surface area contributed by atoms with E-state index in [1.165, 1.54) is 0 Å². The number of rotatable bonds is 6. The lowest BCUT2D eigenvalue weighted by atomic mass is 10.1. The number of nitrogens with one attached hydrogen (secondary N) is 1. The maximum atomic E-state index is 9.76. The minimum atomic E-state index is -0.522. The molecule has 0 aliphatic heterocycles. The summed E-state index contributed by atoms with van der Waals surface area (Å²) in [5.41, 5.74) is 0.00108. The summed E-state index contributed by atoms with van der Waals surface area (Å²) in [5.74, 6) is 1.52. The van der Waals surface area contributed by atoms with Crippen molar-refractivity contribution in [2.24, 2.45) is 0 Å². The Labute approximate surface area is 109 Å². The Morgan fingerprint density at radius 3 is 2.22 bits per heavy atom. The lowest BCUT2D eigenvalue weighted by molar-refractivity contribution is 0.100. The van der Waals surface area contributed by atoms with Crippen molar-refractivity contribution in [3.05, 3.63) is 24.3 Å². The first-order valence-corrected chi connectivity index (χ1v) is 6.10. The zero-order valence-electron chi connectivity index (χ0n) is 11.6. The van der Waals surface area contributed by atoms with Gasteiger partial charge in [-0.25, -0.2) is 0 Å². The highest BCUT2D eigenvalue weighted by molar-refractivity contribution is 5.31. The zero-order valence-corrected chi connectivity index (χ0v) is 11.6. The Hall–Kier alpha value is -1.26. The number of hydrogen-bond acceptors (Lipinski definition) is 4. The molecule has 4 nitrogen and oxygen atoms in total. The van der Waals surface area contributed by atoms with Gasteiger partial charge < -0.3 is 19.9 Å². The highest BCUT2D eigenvalue weighted by Gasteiger charge is 2.12. The van der Waals surface area contributed by atoms with Gasteiger partial charge in [0.25, 0.3) is 0 Å². The van der Waals surface area contributed by atoms with Crippen molar-refractivity contribution in [1.82, 2.24) is 5.32 Å². The predicted molar refractivity (Wildman–Crippen MR) is 72.3 cm³/mol. The van der Waals surface area contributed by atoms with Crippen LogP contribution >= 0.6 is 0 Å². The average Bonchev–Trinajstić information content (AvgIpc) is 2.33. The van der Waals surface area contributed by atoms with Crippen LogP contribution in [0.5, 0.6) is 11.5 Å². The Bertz CT molecular complexity index is 343. The summed E-state index contributed by atoms with van der Waals surface area (Å²) >= 11 is 0. The van der Waals surface area contributed by atoms with E-state index < -0.39 is 6.10 Å². The molecular weight excluding hydrogens is 230 g/mol. The maximum absolute atomic E-state index is 9.76. The second-order valence-electron chi connectivity index (χ2n) is 5.27. The highest BCUT2D eigenvalue weighted by atomic mass is 16.5. The third kappa shape index (κ3) is 5.89. The molecule has 18 heavy (non-hydrogen) atoms. The summed E-state index contributed by atoms with van der Waals surface area (Å²) in [5, 5.41) is 13.0. The fourth-order valence-corrected chi connectivity index (χ4v) is 1.35. The van der Waals surface area contributed by atoms with E-state index in [1.807, 2.05) is 24.3 Å². The molecule has 0 spiro atoms. The molecule has 4 heteroatoms. The molecule has 1 rings (SSSR count). The molecule has 0 fully saturated rings. The van der Waals surface area contributed by atoms with Gasteiger partial charge in [-0.3, -0.25) is 0 Å². The summed E-state index contributed by atoms with van der Waals surface area (Å²) in [7, 11) is 1.62. The van der Waals surface area contributed by atoms with Crippen molar-refractivity contribution in [3.63, 3.8) is 0 Å². The molecule has 0 saturated carbocycles. The second-order valence-corrected chi connectivity index (χ2v) is 5.27. The van der Waals surface area contributed by atoms with Crippen molar-refractivity contribution in [2.45, 2.75) is 32.4 Å². The van der Waals surface area contributed by atoms with Gasteiger partial charge in [0.1, 0.15) is 24.2 Å². The van der Waals surface area contributed by atoms with Crippen LogP contribution in [0.25, 0.3) is 0 Å². The fraction of sp³-hybridized carbons (Fsp3) is 0.571. The van der Waals surface area contributed by atoms with E-state index in [4.69, 9.17) is 9.47 Å². The first-order valence-electron chi connectivity index (χ1n) is 6.10. The molecule has 0 heterocycles. The standard InChI is InChI=1S/C14H23NO3/c1-14(2,3)15-9-11(16)10-18-13-7-5-12(17-4)6-8-13/h5-8,11,15-16H,9-10H2,1-4H3/t11-/m1/s1. The van der Waals surface area contributed by atoms with E-state index in [0.29, 0.717) is 6.54 Å². The summed E-state index contributed by atoms with van der Waals surface area (Å²) in [6.45, 7) is 6.97. The molecule has 0 radical (unpaired) electrons. The fourth-order valence-electron chi connectivity index (χ4n) is 1.35. The lowest BCUT2D eigenvalue weighted by Gasteiger charge is -2.22. The van der Waals surface area contributed by atoms with Crippen molar-refractivity contribution in [1.29, 1.82) is 0 Å². The molecule has 0 aromatic heterocycles. The van der Waals surface area contributed by atoms with E-state index in [9.17, 15) is 5.11 Å². The molecule has 0 saturated heterocycles. The normalized spacial score (nSPS) is 13.2. The Balaban J connectivity index is 2.31. The molecule has 0 aliphatic rings. The van der Waals surface area contributed by atoms with Crippen molar-refractivity contribution in [2.75, 3.05) is 20.3 Å². The van der Waals surface area contributed by atoms with Crippen LogP contribution in [0, 0.1) is 0 Å². The Kier molecular flexibility index (Phi) is 5.44. The van der Waals surface area contributed by atoms with E-state index in [0.717, 1.165) is 11.5 Å². The summed E-state index contributed by atoms with van der Waals surface area (Å²) < 4.78 is 10.5. The number of benzene rings is 1. The van der Waals surface area contributed by atoms with Crippen molar-refractivity contribution in [3.8, 4) is 11.5 Å². The number of aliphatic hydroxyl groups excluding tert-OH is 1. The van der Waals surface area contributed by atoms with Crippen LogP contribution in [0.3, 0.4) is 0 Å². The highest BCUT2D eigenvalue weighted by Crippen LogP contribution is 2.17. The lowest BCUT2D eigenvalue weighted by Crippen LogP contribution is -2.42. The number of hydrogen-bond donors (Lipinski definition) is 2. The van der Waals surface area contributed by atoms with Gasteiger partial charge in [-0.1, -0.05) is 0 Å². The van der Waals surface area contributed by atoms with E-state index >= 15 is 0 Å². The van der Waals surface area contributed by atoms with Crippen LogP contribution in [0.2, 0.25) is 0 Å². The third-order valence-corrected chi connectivity index (χ3v) is 2.37. The predicted octanol–water partition coefficient (Wildman–Crippen LogP) is 1.82. The summed E-state index contributed by atoms with van der Waals surface area (Å²) in [6, 6.07) is 7.30. The second kappa shape index (κ2) is 6.61. The molecule has 1 aromatic rings. The average molecular weight is 253 g/mol. The van der Waals surface area contributed by atoms with Gasteiger partial charge in [0, 0.05) is 12.1 Å². The minimum absolute atomic E-state index is 0.00108. The molecule has 0 unspecified atom stereocenters. The molecule has 1 atom stereocenters. The summed E-state index contributed by atoms with van der Waals surface area (Å²) in [4.78, 5) is 0. The number of ether oxygens (including phenoxy) is 2. The Morgan fingerprint density at radius 1 is 1.17 bits per heavy atom. The smallest absolute Gasteiger partial charge is 0.119 e. The first kappa shape index (κ1) is 14.8. The minimum Gasteiger partial charge on any atom is -0.497 e. The monoisotopic (exact) mass is 253 g/mol. The van der Waals surface area contributed by atoms with E-state index in [2.05, 4.69) is 26.1 Å². The molecule has 0 amide bonds. The van der Waals surface area contributed by atoms with Crippen LogP contribution in [-0.2, 0) is 0 Å². The SMILES string of the molecule is COc1ccc(OC[C@H](O)CNC(C)(C)C)cc1. The maximum Gasteiger partial charge on any atom is 0.119 e. The molecule has 2 N–H and O–H groups in total. The van der Waals surface area contributed by atoms with Crippen LogP contribution < -0.4 is 14.8 Å². The molecule has 1 aromatic carbocycles. The number of methoxy groups -OCH3 is 1. The van der Waals surface area contributed by atoms with Gasteiger partial charge >= 0.3 is 0 Å². The number of aliphatic hydroxyl groups is 1. The molecule has 0 aliphatic carbocycles. The zero-order chi connectivity index (χ0) is 13.6. The number of β-amino-alcohol motifs (C(OH)–C–C–N with tert-alkyl or cyclic N) is 1. The van der Waals surface area contributed by atoms with Crippen LogP contribution in [0.4, 0.5) is 0 Å². The largest absolute Gasteiger partial charge is 0.497 e. The van der Waals surface area contributed by atoms with Gasteiger partial charge in [0.05, 0.1) is 7.11 Å².